The Morgan fingerprint density at radius 2 is 1.35 bits per heavy atom. The molecule has 136 valence electrons. The number of nitrogens with zero attached hydrogens (tertiary/aromatic N) is 5. The normalized spacial score (nSPS) is 17.7. The van der Waals surface area contributed by atoms with Crippen molar-refractivity contribution in [2.24, 2.45) is 0 Å². The summed E-state index contributed by atoms with van der Waals surface area (Å²) in [6, 6.07) is 10.0. The van der Waals surface area contributed by atoms with Crippen molar-refractivity contribution in [3.05, 3.63) is 42.2 Å². The Morgan fingerprint density at radius 3 is 1.92 bits per heavy atom. The fourth-order valence-corrected chi connectivity index (χ4v) is 3.73. The molecule has 0 spiro atoms. The number of rotatable bonds is 4. The number of anilines is 3. The minimum atomic E-state index is 0.110. The van der Waals surface area contributed by atoms with Gasteiger partial charge in [0.25, 0.3) is 0 Å². The molecule has 1 aromatic heterocycles. The summed E-state index contributed by atoms with van der Waals surface area (Å²) in [6.45, 7) is 7.56. The van der Waals surface area contributed by atoms with Crippen molar-refractivity contribution in [1.82, 2.24) is 9.97 Å². The van der Waals surface area contributed by atoms with E-state index in [0.717, 1.165) is 56.5 Å². The van der Waals surface area contributed by atoms with E-state index in [2.05, 4.69) is 30.7 Å². The molecule has 6 heteroatoms. The zero-order valence-corrected chi connectivity index (χ0v) is 15.3. The molecule has 1 aromatic carbocycles. The summed E-state index contributed by atoms with van der Waals surface area (Å²) in [6.07, 6.45) is 4.19. The summed E-state index contributed by atoms with van der Waals surface area (Å²) < 4.78 is 0. The van der Waals surface area contributed by atoms with Crippen LogP contribution in [-0.2, 0) is 0 Å². The van der Waals surface area contributed by atoms with Gasteiger partial charge in [-0.25, -0.2) is 9.97 Å². The van der Waals surface area contributed by atoms with Crippen LogP contribution in [-0.4, -0.2) is 55.0 Å². The van der Waals surface area contributed by atoms with Crippen molar-refractivity contribution in [1.29, 1.82) is 0 Å². The van der Waals surface area contributed by atoms with Crippen molar-refractivity contribution >= 4 is 23.1 Å². The second kappa shape index (κ2) is 7.32. The van der Waals surface area contributed by atoms with Gasteiger partial charge in [-0.1, -0.05) is 0 Å². The van der Waals surface area contributed by atoms with Crippen molar-refractivity contribution in [2.75, 3.05) is 54.0 Å². The second-order valence-electron chi connectivity index (χ2n) is 7.01. The zero-order chi connectivity index (χ0) is 17.9. The molecule has 0 unspecified atom stereocenters. The molecule has 2 aliphatic rings. The summed E-state index contributed by atoms with van der Waals surface area (Å²) in [5, 5.41) is 0. The van der Waals surface area contributed by atoms with Crippen molar-refractivity contribution in [3.63, 3.8) is 0 Å². The highest BCUT2D eigenvalue weighted by Crippen LogP contribution is 2.23. The number of hydrogen-bond acceptors (Lipinski definition) is 6. The first-order chi connectivity index (χ1) is 12.7. The molecular weight excluding hydrogens is 326 g/mol. The molecule has 0 atom stereocenters. The smallest absolute Gasteiger partial charge is 0.159 e. The maximum atomic E-state index is 11.4. The number of hydrogen-bond donors (Lipinski definition) is 0. The Kier molecular flexibility index (Phi) is 4.73. The largest absolute Gasteiger partial charge is 0.368 e. The number of carbonyl (C=O) groups excluding carboxylic acids is 1. The minimum Gasteiger partial charge on any atom is -0.368 e. The molecule has 26 heavy (non-hydrogen) atoms. The number of piperazine rings is 1. The predicted octanol–water partition coefficient (Wildman–Crippen LogP) is 2.61. The van der Waals surface area contributed by atoms with Gasteiger partial charge in [-0.05, 0) is 44.0 Å². The van der Waals surface area contributed by atoms with Crippen molar-refractivity contribution in [2.45, 2.75) is 19.8 Å². The van der Waals surface area contributed by atoms with E-state index in [-0.39, 0.29) is 5.78 Å². The highest BCUT2D eigenvalue weighted by atomic mass is 16.1. The number of ketones is 1. The predicted molar refractivity (Wildman–Crippen MR) is 104 cm³/mol. The summed E-state index contributed by atoms with van der Waals surface area (Å²) in [4.78, 5) is 27.4. The van der Waals surface area contributed by atoms with Gasteiger partial charge in [-0.2, -0.15) is 0 Å². The van der Waals surface area contributed by atoms with Gasteiger partial charge in [0.1, 0.15) is 18.0 Å². The number of benzene rings is 1. The van der Waals surface area contributed by atoms with Crippen LogP contribution in [0.5, 0.6) is 0 Å². The molecule has 2 aromatic rings. The maximum absolute atomic E-state index is 11.4. The first-order valence-electron chi connectivity index (χ1n) is 9.38. The lowest BCUT2D eigenvalue weighted by atomic mass is 10.1. The Balaban J connectivity index is 1.40. The van der Waals surface area contributed by atoms with Crippen LogP contribution < -0.4 is 14.7 Å². The first kappa shape index (κ1) is 16.8. The molecule has 2 saturated heterocycles. The van der Waals surface area contributed by atoms with E-state index >= 15 is 0 Å². The molecule has 3 heterocycles. The Morgan fingerprint density at radius 1 is 0.808 bits per heavy atom. The minimum absolute atomic E-state index is 0.110. The lowest BCUT2D eigenvalue weighted by molar-refractivity contribution is 0.101. The molecule has 2 fully saturated rings. The van der Waals surface area contributed by atoms with Crippen LogP contribution in [0.3, 0.4) is 0 Å². The van der Waals surface area contributed by atoms with E-state index in [1.807, 2.05) is 24.3 Å². The van der Waals surface area contributed by atoms with Gasteiger partial charge >= 0.3 is 0 Å². The summed E-state index contributed by atoms with van der Waals surface area (Å²) in [5.41, 5.74) is 1.94. The van der Waals surface area contributed by atoms with E-state index in [0.29, 0.717) is 0 Å². The van der Waals surface area contributed by atoms with Crippen LogP contribution in [0, 0.1) is 0 Å². The Hall–Kier alpha value is -2.63. The van der Waals surface area contributed by atoms with Gasteiger partial charge in [0, 0.05) is 56.6 Å². The molecule has 0 saturated carbocycles. The molecule has 0 bridgehead atoms. The second-order valence-corrected chi connectivity index (χ2v) is 7.01. The van der Waals surface area contributed by atoms with Crippen LogP contribution in [0.25, 0.3) is 0 Å². The van der Waals surface area contributed by atoms with Crippen molar-refractivity contribution < 1.29 is 4.79 Å². The lowest BCUT2D eigenvalue weighted by Gasteiger charge is -2.37. The highest BCUT2D eigenvalue weighted by molar-refractivity contribution is 5.94. The summed E-state index contributed by atoms with van der Waals surface area (Å²) in [5.74, 6) is 2.18. The molecule has 0 aliphatic carbocycles. The molecule has 2 aliphatic heterocycles. The quantitative estimate of drug-likeness (QED) is 0.789. The molecule has 0 radical (unpaired) electrons. The van der Waals surface area contributed by atoms with Gasteiger partial charge in [-0.15, -0.1) is 0 Å². The molecule has 0 amide bonds. The van der Waals surface area contributed by atoms with Crippen molar-refractivity contribution in [3.8, 4) is 0 Å². The monoisotopic (exact) mass is 351 g/mol. The fourth-order valence-electron chi connectivity index (χ4n) is 3.73. The number of Topliss-reactive ketones (excluding diaryl/α,β-unsaturated/α-hetero) is 1. The SMILES string of the molecule is CC(=O)c1ccc(N2CCN(c3cc(N4CCCC4)ncn3)CC2)cc1. The topological polar surface area (TPSA) is 52.6 Å². The maximum Gasteiger partial charge on any atom is 0.159 e. The van der Waals surface area contributed by atoms with Gasteiger partial charge < -0.3 is 14.7 Å². The van der Waals surface area contributed by atoms with Crippen LogP contribution >= 0.6 is 0 Å². The standard InChI is InChI=1S/C20H25N5O/c1-16(26)17-4-6-18(7-5-17)23-10-12-25(13-11-23)20-14-19(21-15-22-20)24-8-2-3-9-24/h4-7,14-15H,2-3,8-13H2,1H3. The first-order valence-corrected chi connectivity index (χ1v) is 9.38. The third-order valence-electron chi connectivity index (χ3n) is 5.31. The lowest BCUT2D eigenvalue weighted by Crippen LogP contribution is -2.46. The summed E-state index contributed by atoms with van der Waals surface area (Å²) >= 11 is 0. The average molecular weight is 351 g/mol. The van der Waals surface area contributed by atoms with Crippen LogP contribution in [0.15, 0.2) is 36.7 Å². The molecule has 4 rings (SSSR count). The van der Waals surface area contributed by atoms with Crippen LogP contribution in [0.4, 0.5) is 17.3 Å². The van der Waals surface area contributed by atoms with Crippen LogP contribution in [0.2, 0.25) is 0 Å². The Bertz CT molecular complexity index is 762. The number of carbonyl (C=O) groups is 1. The van der Waals surface area contributed by atoms with E-state index in [1.165, 1.54) is 18.5 Å². The number of aromatic nitrogens is 2. The van der Waals surface area contributed by atoms with E-state index in [9.17, 15) is 4.79 Å². The zero-order valence-electron chi connectivity index (χ0n) is 15.3. The highest BCUT2D eigenvalue weighted by Gasteiger charge is 2.20. The third kappa shape index (κ3) is 3.49. The Labute approximate surface area is 154 Å². The van der Waals surface area contributed by atoms with Gasteiger partial charge in [-0.3, -0.25) is 4.79 Å². The van der Waals surface area contributed by atoms with E-state index in [1.54, 1.807) is 13.3 Å². The fraction of sp³-hybridized carbons (Fsp3) is 0.450. The molecule has 0 N–H and O–H groups in total. The van der Waals surface area contributed by atoms with Gasteiger partial charge in [0.15, 0.2) is 5.78 Å². The van der Waals surface area contributed by atoms with E-state index < -0.39 is 0 Å². The van der Waals surface area contributed by atoms with E-state index in [4.69, 9.17) is 0 Å². The van der Waals surface area contributed by atoms with Gasteiger partial charge in [0.2, 0.25) is 0 Å². The molecule has 6 nitrogen and oxygen atoms in total. The van der Waals surface area contributed by atoms with Crippen LogP contribution in [0.1, 0.15) is 30.1 Å². The summed E-state index contributed by atoms with van der Waals surface area (Å²) in [7, 11) is 0. The molecular formula is C20H25N5O. The third-order valence-corrected chi connectivity index (χ3v) is 5.31. The van der Waals surface area contributed by atoms with Gasteiger partial charge in [0.05, 0.1) is 0 Å². The average Bonchev–Trinajstić information content (AvgIpc) is 3.23.